The Labute approximate surface area is 171 Å². The zero-order valence-electron chi connectivity index (χ0n) is 16.0. The number of hydrogen-bond donors (Lipinski definition) is 2. The SMILES string of the molecule is CCS(=O)(=O)Nc1ccc(NC(=O)C=Cc2ccccc2OC(F)(F)F)cc1OC. The van der Waals surface area contributed by atoms with E-state index in [-0.39, 0.29) is 22.8 Å². The highest BCUT2D eigenvalue weighted by Gasteiger charge is 2.31. The zero-order chi connectivity index (χ0) is 22.4. The molecule has 0 aliphatic heterocycles. The molecule has 30 heavy (non-hydrogen) atoms. The number of halogens is 3. The molecule has 11 heteroatoms. The first-order chi connectivity index (χ1) is 14.0. The first-order valence-electron chi connectivity index (χ1n) is 8.55. The second-order valence-corrected chi connectivity index (χ2v) is 7.84. The van der Waals surface area contributed by atoms with E-state index in [2.05, 4.69) is 14.8 Å². The predicted molar refractivity (Wildman–Crippen MR) is 107 cm³/mol. The van der Waals surface area contributed by atoms with Crippen molar-refractivity contribution in [1.82, 2.24) is 0 Å². The van der Waals surface area contributed by atoms with Gasteiger partial charge in [-0.2, -0.15) is 0 Å². The molecule has 2 aromatic carbocycles. The summed E-state index contributed by atoms with van der Waals surface area (Å²) >= 11 is 0. The maximum atomic E-state index is 12.5. The molecule has 0 aromatic heterocycles. The Balaban J connectivity index is 2.14. The summed E-state index contributed by atoms with van der Waals surface area (Å²) in [5.74, 6) is -1.01. The van der Waals surface area contributed by atoms with Gasteiger partial charge in [0.2, 0.25) is 15.9 Å². The van der Waals surface area contributed by atoms with Crippen LogP contribution in [0.2, 0.25) is 0 Å². The Hall–Kier alpha value is -3.21. The molecule has 0 radical (unpaired) electrons. The minimum atomic E-state index is -4.86. The normalized spacial score (nSPS) is 11.9. The first kappa shape index (κ1) is 23.1. The average Bonchev–Trinajstić information content (AvgIpc) is 2.67. The average molecular weight is 444 g/mol. The molecule has 0 atom stereocenters. The van der Waals surface area contributed by atoms with Crippen molar-refractivity contribution in [3.8, 4) is 11.5 Å². The lowest BCUT2D eigenvalue weighted by atomic mass is 10.2. The lowest BCUT2D eigenvalue weighted by Gasteiger charge is -2.13. The molecule has 0 heterocycles. The number of ether oxygens (including phenoxy) is 2. The van der Waals surface area contributed by atoms with E-state index in [4.69, 9.17) is 4.74 Å². The van der Waals surface area contributed by atoms with Crippen LogP contribution in [0.25, 0.3) is 6.08 Å². The number of nitrogens with one attached hydrogen (secondary N) is 2. The molecule has 0 aliphatic carbocycles. The minimum absolute atomic E-state index is 0.0619. The van der Waals surface area contributed by atoms with Gasteiger partial charge in [0.1, 0.15) is 11.5 Å². The van der Waals surface area contributed by atoms with E-state index in [1.165, 1.54) is 56.5 Å². The molecule has 0 fully saturated rings. The van der Waals surface area contributed by atoms with E-state index in [0.717, 1.165) is 12.1 Å². The third-order valence-corrected chi connectivity index (χ3v) is 4.96. The van der Waals surface area contributed by atoms with E-state index in [9.17, 15) is 26.4 Å². The van der Waals surface area contributed by atoms with Crippen LogP contribution in [-0.2, 0) is 14.8 Å². The molecule has 2 aromatic rings. The lowest BCUT2D eigenvalue weighted by Crippen LogP contribution is -2.17. The Kier molecular flexibility index (Phi) is 7.33. The first-order valence-corrected chi connectivity index (χ1v) is 10.2. The van der Waals surface area contributed by atoms with Gasteiger partial charge in [-0.15, -0.1) is 13.2 Å². The van der Waals surface area contributed by atoms with Crippen LogP contribution in [0.1, 0.15) is 12.5 Å². The summed E-state index contributed by atoms with van der Waals surface area (Å²) in [6.45, 7) is 1.48. The number of rotatable bonds is 8. The van der Waals surface area contributed by atoms with Crippen molar-refractivity contribution in [2.75, 3.05) is 22.9 Å². The van der Waals surface area contributed by atoms with Gasteiger partial charge in [-0.3, -0.25) is 9.52 Å². The number of amides is 1. The summed E-state index contributed by atoms with van der Waals surface area (Å²) < 4.78 is 72.2. The smallest absolute Gasteiger partial charge is 0.494 e. The van der Waals surface area contributed by atoms with Gasteiger partial charge in [0.05, 0.1) is 18.6 Å². The number of carbonyl (C=O) groups is 1. The molecular formula is C19H19F3N2O5S. The van der Waals surface area contributed by atoms with Crippen LogP contribution in [0.4, 0.5) is 24.5 Å². The van der Waals surface area contributed by atoms with Crippen molar-refractivity contribution in [1.29, 1.82) is 0 Å². The zero-order valence-corrected chi connectivity index (χ0v) is 16.8. The van der Waals surface area contributed by atoms with Crippen molar-refractivity contribution in [3.63, 3.8) is 0 Å². The van der Waals surface area contributed by atoms with Crippen molar-refractivity contribution < 1.29 is 35.9 Å². The standard InChI is InChI=1S/C19H19F3N2O5S/c1-3-30(26,27)24-15-10-9-14(12-17(15)28-2)23-18(25)11-8-13-6-4-5-7-16(13)29-19(20,21)22/h4-12,24H,3H2,1-2H3,(H,23,25). The van der Waals surface area contributed by atoms with Gasteiger partial charge in [0, 0.05) is 23.4 Å². The molecule has 1 amide bonds. The number of anilines is 2. The third-order valence-electron chi connectivity index (χ3n) is 3.67. The number of benzene rings is 2. The quantitative estimate of drug-likeness (QED) is 0.600. The van der Waals surface area contributed by atoms with Gasteiger partial charge in [-0.1, -0.05) is 18.2 Å². The van der Waals surface area contributed by atoms with E-state index in [1.54, 1.807) is 0 Å². The molecule has 2 N–H and O–H groups in total. The fourth-order valence-electron chi connectivity index (χ4n) is 2.28. The molecule has 0 saturated heterocycles. The molecule has 2 rings (SSSR count). The molecule has 0 spiro atoms. The maximum absolute atomic E-state index is 12.5. The number of alkyl halides is 3. The Morgan fingerprint density at radius 3 is 2.47 bits per heavy atom. The van der Waals surface area contributed by atoms with Crippen molar-refractivity contribution in [2.45, 2.75) is 13.3 Å². The molecular weight excluding hydrogens is 425 g/mol. The van der Waals surface area contributed by atoms with E-state index < -0.39 is 28.0 Å². The van der Waals surface area contributed by atoms with Gasteiger partial charge in [0.25, 0.3) is 0 Å². The van der Waals surface area contributed by atoms with Crippen molar-refractivity contribution in [2.24, 2.45) is 0 Å². The molecule has 0 aliphatic rings. The largest absolute Gasteiger partial charge is 0.573 e. The second-order valence-electron chi connectivity index (χ2n) is 5.83. The molecule has 162 valence electrons. The van der Waals surface area contributed by atoms with Crippen LogP contribution in [0.15, 0.2) is 48.5 Å². The van der Waals surface area contributed by atoms with Gasteiger partial charge in [-0.25, -0.2) is 8.42 Å². The van der Waals surface area contributed by atoms with Crippen LogP contribution in [0, 0.1) is 0 Å². The van der Waals surface area contributed by atoms with Crippen LogP contribution < -0.4 is 19.5 Å². The Bertz CT molecular complexity index is 1040. The molecule has 7 nitrogen and oxygen atoms in total. The second kappa shape index (κ2) is 9.53. The predicted octanol–water partition coefficient (Wildman–Crippen LogP) is 4.01. The van der Waals surface area contributed by atoms with E-state index in [1.807, 2.05) is 0 Å². The summed E-state index contributed by atoms with van der Waals surface area (Å²) in [6, 6.07) is 9.63. The van der Waals surface area contributed by atoms with Gasteiger partial charge < -0.3 is 14.8 Å². The van der Waals surface area contributed by atoms with Gasteiger partial charge in [-0.05, 0) is 31.2 Å². The van der Waals surface area contributed by atoms with E-state index in [0.29, 0.717) is 5.69 Å². The number of methoxy groups -OCH3 is 1. The monoisotopic (exact) mass is 444 g/mol. The van der Waals surface area contributed by atoms with Crippen molar-refractivity contribution in [3.05, 3.63) is 54.1 Å². The molecule has 0 saturated carbocycles. The minimum Gasteiger partial charge on any atom is -0.494 e. The highest BCUT2D eigenvalue weighted by atomic mass is 32.2. The maximum Gasteiger partial charge on any atom is 0.573 e. The number of para-hydroxylation sites is 1. The highest BCUT2D eigenvalue weighted by molar-refractivity contribution is 7.92. The summed E-state index contributed by atoms with van der Waals surface area (Å²) in [6.07, 6.45) is -2.64. The summed E-state index contributed by atoms with van der Waals surface area (Å²) in [4.78, 5) is 12.1. The number of carbonyl (C=O) groups excluding carboxylic acids is 1. The van der Waals surface area contributed by atoms with Crippen LogP contribution >= 0.6 is 0 Å². The van der Waals surface area contributed by atoms with E-state index >= 15 is 0 Å². The summed E-state index contributed by atoms with van der Waals surface area (Å²) in [7, 11) is -2.18. The third kappa shape index (κ3) is 6.99. The van der Waals surface area contributed by atoms with Crippen molar-refractivity contribution >= 4 is 33.4 Å². The number of sulfonamides is 1. The fraction of sp³-hybridized carbons (Fsp3) is 0.211. The van der Waals surface area contributed by atoms with Crippen LogP contribution in [0.3, 0.4) is 0 Å². The number of hydrogen-bond acceptors (Lipinski definition) is 5. The molecule has 0 unspecified atom stereocenters. The highest BCUT2D eigenvalue weighted by Crippen LogP contribution is 2.29. The summed E-state index contributed by atoms with van der Waals surface area (Å²) in [5, 5.41) is 2.51. The van der Waals surface area contributed by atoms with Crippen LogP contribution in [-0.4, -0.2) is 33.5 Å². The summed E-state index contributed by atoms with van der Waals surface area (Å²) in [5.41, 5.74) is 0.554. The van der Waals surface area contributed by atoms with Gasteiger partial charge >= 0.3 is 6.36 Å². The van der Waals surface area contributed by atoms with Gasteiger partial charge in [0.15, 0.2) is 0 Å². The van der Waals surface area contributed by atoms with Crippen LogP contribution in [0.5, 0.6) is 11.5 Å². The lowest BCUT2D eigenvalue weighted by molar-refractivity contribution is -0.274. The Morgan fingerprint density at radius 2 is 1.83 bits per heavy atom. The molecule has 0 bridgehead atoms. The Morgan fingerprint density at radius 1 is 1.13 bits per heavy atom. The fourth-order valence-corrected chi connectivity index (χ4v) is 2.93. The topological polar surface area (TPSA) is 93.7 Å².